The fraction of sp³-hybridized carbons (Fsp3) is 0.0588. The van der Waals surface area contributed by atoms with Crippen LogP contribution in [0.25, 0.3) is 27.5 Å². The molecule has 0 saturated heterocycles. The van der Waals surface area contributed by atoms with E-state index in [4.69, 9.17) is 16.9 Å². The van der Waals surface area contributed by atoms with Gasteiger partial charge >= 0.3 is 0 Å². The Hall–Kier alpha value is -3.17. The fourth-order valence-corrected chi connectivity index (χ4v) is 2.97. The van der Waals surface area contributed by atoms with E-state index >= 15 is 0 Å². The number of nitriles is 1. The van der Waals surface area contributed by atoms with Crippen molar-refractivity contribution in [3.8, 4) is 11.8 Å². The van der Waals surface area contributed by atoms with E-state index in [0.717, 1.165) is 5.39 Å². The van der Waals surface area contributed by atoms with E-state index in [1.165, 1.54) is 4.68 Å². The summed E-state index contributed by atoms with van der Waals surface area (Å²) in [4.78, 5) is 17.1. The first-order valence-electron chi connectivity index (χ1n) is 7.18. The standard InChI is InChI=1S/C17H10ClN5O/c18-11-3-4-13-14-10-22(7-5-19)21-16(14)17(24)23(15(13)8-11)12-2-1-6-20-9-12/h1-4,6,8-10H,7H2. The van der Waals surface area contributed by atoms with Gasteiger partial charge in [-0.1, -0.05) is 17.7 Å². The van der Waals surface area contributed by atoms with Gasteiger partial charge in [0.1, 0.15) is 6.54 Å². The number of hydrogen-bond donors (Lipinski definition) is 0. The van der Waals surface area contributed by atoms with Crippen molar-refractivity contribution in [1.82, 2.24) is 19.3 Å². The molecule has 0 aliphatic rings. The number of benzene rings is 1. The Morgan fingerprint density at radius 3 is 2.88 bits per heavy atom. The summed E-state index contributed by atoms with van der Waals surface area (Å²) in [5, 5.41) is 15.2. The Morgan fingerprint density at radius 1 is 1.25 bits per heavy atom. The highest BCUT2D eigenvalue weighted by molar-refractivity contribution is 6.31. The zero-order chi connectivity index (χ0) is 16.7. The first-order valence-corrected chi connectivity index (χ1v) is 7.55. The molecule has 0 fully saturated rings. The third-order valence-electron chi connectivity index (χ3n) is 3.80. The van der Waals surface area contributed by atoms with Crippen molar-refractivity contribution < 1.29 is 0 Å². The molecule has 0 unspecified atom stereocenters. The van der Waals surface area contributed by atoms with Crippen LogP contribution in [0.4, 0.5) is 0 Å². The molecule has 3 aromatic heterocycles. The maximum atomic E-state index is 13.0. The minimum absolute atomic E-state index is 0.0795. The number of fused-ring (bicyclic) bond motifs is 3. The second-order valence-corrected chi connectivity index (χ2v) is 5.70. The summed E-state index contributed by atoms with van der Waals surface area (Å²) >= 11 is 6.14. The third-order valence-corrected chi connectivity index (χ3v) is 4.03. The van der Waals surface area contributed by atoms with E-state index in [1.807, 2.05) is 12.1 Å². The van der Waals surface area contributed by atoms with Crippen LogP contribution in [0, 0.1) is 11.3 Å². The molecule has 1 aromatic carbocycles. The van der Waals surface area contributed by atoms with Crippen LogP contribution in [-0.2, 0) is 6.54 Å². The highest BCUT2D eigenvalue weighted by Crippen LogP contribution is 2.26. The van der Waals surface area contributed by atoms with Crippen molar-refractivity contribution in [2.45, 2.75) is 6.54 Å². The van der Waals surface area contributed by atoms with Gasteiger partial charge in [-0.25, -0.2) is 0 Å². The molecule has 0 aliphatic carbocycles. The van der Waals surface area contributed by atoms with Gasteiger partial charge in [-0.2, -0.15) is 10.4 Å². The SMILES string of the molecule is N#CCn1cc2c(n1)c(=O)n(-c1cccnc1)c1cc(Cl)ccc21. The van der Waals surface area contributed by atoms with Crippen LogP contribution < -0.4 is 5.56 Å². The van der Waals surface area contributed by atoms with E-state index in [-0.39, 0.29) is 12.1 Å². The van der Waals surface area contributed by atoms with Crippen molar-refractivity contribution in [3.63, 3.8) is 0 Å². The molecule has 3 heterocycles. The van der Waals surface area contributed by atoms with Crippen LogP contribution in [0.15, 0.2) is 53.7 Å². The van der Waals surface area contributed by atoms with Gasteiger partial charge in [0.2, 0.25) is 0 Å². The minimum atomic E-state index is -0.274. The summed E-state index contributed by atoms with van der Waals surface area (Å²) < 4.78 is 3.01. The fourth-order valence-electron chi connectivity index (χ4n) is 2.81. The highest BCUT2D eigenvalue weighted by atomic mass is 35.5. The Kier molecular flexibility index (Phi) is 3.29. The lowest BCUT2D eigenvalue weighted by atomic mass is 10.1. The molecule has 0 spiro atoms. The molecular weight excluding hydrogens is 326 g/mol. The Morgan fingerprint density at radius 2 is 2.12 bits per heavy atom. The monoisotopic (exact) mass is 335 g/mol. The lowest BCUT2D eigenvalue weighted by molar-refractivity contribution is 0.718. The van der Waals surface area contributed by atoms with Gasteiger partial charge in [0.15, 0.2) is 5.52 Å². The Labute approximate surface area is 141 Å². The van der Waals surface area contributed by atoms with Crippen LogP contribution in [0.2, 0.25) is 5.02 Å². The second-order valence-electron chi connectivity index (χ2n) is 5.26. The number of halogens is 1. The average Bonchev–Trinajstić information content (AvgIpc) is 3.00. The van der Waals surface area contributed by atoms with Crippen molar-refractivity contribution in [3.05, 3.63) is 64.3 Å². The summed E-state index contributed by atoms with van der Waals surface area (Å²) in [7, 11) is 0. The maximum absolute atomic E-state index is 13.0. The molecule has 0 radical (unpaired) electrons. The summed E-state index contributed by atoms with van der Waals surface area (Å²) in [5.41, 5.74) is 1.34. The number of aromatic nitrogens is 4. The van der Waals surface area contributed by atoms with Gasteiger partial charge in [0.05, 0.1) is 23.5 Å². The Balaban J connectivity index is 2.21. The zero-order valence-corrected chi connectivity index (χ0v) is 13.1. The summed E-state index contributed by atoms with van der Waals surface area (Å²) in [6.07, 6.45) is 4.97. The van der Waals surface area contributed by atoms with Gasteiger partial charge in [0.25, 0.3) is 5.56 Å². The molecule has 7 heteroatoms. The first-order chi connectivity index (χ1) is 11.7. The van der Waals surface area contributed by atoms with Gasteiger partial charge in [-0.05, 0) is 24.3 Å². The molecule has 24 heavy (non-hydrogen) atoms. The minimum Gasteiger partial charge on any atom is -0.273 e. The molecule has 0 saturated carbocycles. The van der Waals surface area contributed by atoms with Gasteiger partial charge < -0.3 is 0 Å². The summed E-state index contributed by atoms with van der Waals surface area (Å²) in [6.45, 7) is 0.0795. The average molecular weight is 336 g/mol. The Bertz CT molecular complexity index is 1170. The first kappa shape index (κ1) is 14.4. The number of nitrogens with zero attached hydrogens (tertiary/aromatic N) is 5. The van der Waals surface area contributed by atoms with E-state index in [9.17, 15) is 4.79 Å². The van der Waals surface area contributed by atoms with Crippen LogP contribution in [0.1, 0.15) is 0 Å². The molecule has 0 aliphatic heterocycles. The number of rotatable bonds is 2. The van der Waals surface area contributed by atoms with E-state index in [0.29, 0.717) is 27.1 Å². The molecule has 6 nitrogen and oxygen atoms in total. The van der Waals surface area contributed by atoms with Crippen LogP contribution in [0.3, 0.4) is 0 Å². The predicted molar refractivity (Wildman–Crippen MR) is 91.3 cm³/mol. The van der Waals surface area contributed by atoms with Gasteiger partial charge in [-0.15, -0.1) is 0 Å². The van der Waals surface area contributed by atoms with Crippen molar-refractivity contribution in [1.29, 1.82) is 5.26 Å². The maximum Gasteiger partial charge on any atom is 0.284 e. The smallest absolute Gasteiger partial charge is 0.273 e. The molecule has 0 bridgehead atoms. The van der Waals surface area contributed by atoms with Crippen molar-refractivity contribution >= 4 is 33.4 Å². The second kappa shape index (κ2) is 5.48. The molecule has 0 amide bonds. The van der Waals surface area contributed by atoms with Crippen LogP contribution >= 0.6 is 11.6 Å². The third kappa shape index (κ3) is 2.14. The molecule has 0 atom stereocenters. The molecule has 4 rings (SSSR count). The number of hydrogen-bond acceptors (Lipinski definition) is 4. The lowest BCUT2D eigenvalue weighted by Gasteiger charge is -2.10. The molecule has 0 N–H and O–H groups in total. The van der Waals surface area contributed by atoms with Crippen molar-refractivity contribution in [2.75, 3.05) is 0 Å². The molecule has 116 valence electrons. The summed E-state index contributed by atoms with van der Waals surface area (Å²) in [5.74, 6) is 0. The van der Waals surface area contributed by atoms with Crippen LogP contribution in [0.5, 0.6) is 0 Å². The van der Waals surface area contributed by atoms with E-state index in [1.54, 1.807) is 47.4 Å². The lowest BCUT2D eigenvalue weighted by Crippen LogP contribution is -2.19. The normalized spacial score (nSPS) is 11.0. The quantitative estimate of drug-likeness (QED) is 0.564. The molecular formula is C17H10ClN5O. The van der Waals surface area contributed by atoms with Crippen molar-refractivity contribution in [2.24, 2.45) is 0 Å². The topological polar surface area (TPSA) is 76.5 Å². The number of pyridine rings is 2. The van der Waals surface area contributed by atoms with Gasteiger partial charge in [-0.3, -0.25) is 19.0 Å². The molecule has 4 aromatic rings. The zero-order valence-electron chi connectivity index (χ0n) is 12.3. The van der Waals surface area contributed by atoms with Gasteiger partial charge in [0, 0.05) is 28.2 Å². The highest BCUT2D eigenvalue weighted by Gasteiger charge is 2.16. The summed E-state index contributed by atoms with van der Waals surface area (Å²) in [6, 6.07) is 10.9. The predicted octanol–water partition coefficient (Wildman–Crippen LogP) is 2.91. The largest absolute Gasteiger partial charge is 0.284 e. The van der Waals surface area contributed by atoms with E-state index < -0.39 is 0 Å². The van der Waals surface area contributed by atoms with E-state index in [2.05, 4.69) is 10.1 Å². The van der Waals surface area contributed by atoms with Crippen LogP contribution in [-0.4, -0.2) is 19.3 Å².